The Morgan fingerprint density at radius 2 is 2.22 bits per heavy atom. The molecule has 0 aliphatic rings. The average molecular weight is 272 g/mol. The SMILES string of the molecule is COC(=O)C(C)=NNc1ccc(Cl)cc1[N+](=O)[O-]. The van der Waals surface area contributed by atoms with Gasteiger partial charge in [0, 0.05) is 11.1 Å². The van der Waals surface area contributed by atoms with Gasteiger partial charge in [-0.05, 0) is 19.1 Å². The van der Waals surface area contributed by atoms with E-state index in [0.29, 0.717) is 0 Å². The van der Waals surface area contributed by atoms with E-state index in [0.717, 1.165) is 0 Å². The second-order valence-corrected chi connectivity index (χ2v) is 3.66. The molecule has 0 aromatic heterocycles. The van der Waals surface area contributed by atoms with Crippen molar-refractivity contribution in [3.05, 3.63) is 33.3 Å². The van der Waals surface area contributed by atoms with Crippen molar-refractivity contribution in [1.29, 1.82) is 0 Å². The van der Waals surface area contributed by atoms with Crippen LogP contribution in [0.2, 0.25) is 5.02 Å². The molecule has 96 valence electrons. The molecule has 0 heterocycles. The molecule has 0 aliphatic carbocycles. The predicted molar refractivity (Wildman–Crippen MR) is 66.9 cm³/mol. The third kappa shape index (κ3) is 3.42. The number of nitrogens with zero attached hydrogens (tertiary/aromatic N) is 2. The number of esters is 1. The van der Waals surface area contributed by atoms with Crippen LogP contribution < -0.4 is 5.43 Å². The van der Waals surface area contributed by atoms with E-state index >= 15 is 0 Å². The lowest BCUT2D eigenvalue weighted by Crippen LogP contribution is -2.13. The quantitative estimate of drug-likeness (QED) is 0.392. The summed E-state index contributed by atoms with van der Waals surface area (Å²) in [7, 11) is 1.21. The molecule has 0 fully saturated rings. The van der Waals surface area contributed by atoms with Crippen LogP contribution >= 0.6 is 11.6 Å². The molecular weight excluding hydrogens is 262 g/mol. The monoisotopic (exact) mass is 271 g/mol. The molecule has 1 rings (SSSR count). The van der Waals surface area contributed by atoms with E-state index < -0.39 is 10.9 Å². The Labute approximate surface area is 108 Å². The molecule has 0 amide bonds. The Kier molecular flexibility index (Phi) is 4.61. The summed E-state index contributed by atoms with van der Waals surface area (Å²) in [6.07, 6.45) is 0. The van der Waals surface area contributed by atoms with Crippen molar-refractivity contribution in [2.75, 3.05) is 12.5 Å². The molecule has 1 aromatic rings. The maximum atomic E-state index is 11.1. The number of hydrogen-bond acceptors (Lipinski definition) is 6. The van der Waals surface area contributed by atoms with Gasteiger partial charge in [0.05, 0.1) is 12.0 Å². The van der Waals surface area contributed by atoms with Crippen molar-refractivity contribution in [1.82, 2.24) is 0 Å². The largest absolute Gasteiger partial charge is 0.464 e. The first-order valence-electron chi connectivity index (χ1n) is 4.78. The molecule has 0 saturated heterocycles. The van der Waals surface area contributed by atoms with Crippen LogP contribution in [-0.2, 0) is 9.53 Å². The fourth-order valence-electron chi connectivity index (χ4n) is 1.09. The average Bonchev–Trinajstić information content (AvgIpc) is 2.35. The number of carbonyl (C=O) groups excluding carboxylic acids is 1. The van der Waals surface area contributed by atoms with Gasteiger partial charge in [0.15, 0.2) is 0 Å². The van der Waals surface area contributed by atoms with Crippen molar-refractivity contribution in [3.8, 4) is 0 Å². The molecule has 0 aliphatic heterocycles. The van der Waals surface area contributed by atoms with Crippen LogP contribution in [-0.4, -0.2) is 23.7 Å². The van der Waals surface area contributed by atoms with E-state index in [1.54, 1.807) is 0 Å². The van der Waals surface area contributed by atoms with E-state index in [4.69, 9.17) is 11.6 Å². The van der Waals surface area contributed by atoms with E-state index in [1.807, 2.05) is 0 Å². The number of ether oxygens (including phenoxy) is 1. The van der Waals surface area contributed by atoms with Crippen LogP contribution in [0.25, 0.3) is 0 Å². The molecule has 8 heteroatoms. The number of methoxy groups -OCH3 is 1. The summed E-state index contributed by atoms with van der Waals surface area (Å²) in [6.45, 7) is 1.42. The molecule has 0 atom stereocenters. The third-order valence-electron chi connectivity index (χ3n) is 1.98. The number of carbonyl (C=O) groups is 1. The minimum atomic E-state index is -0.626. The van der Waals surface area contributed by atoms with E-state index in [1.165, 1.54) is 32.2 Å². The van der Waals surface area contributed by atoms with Crippen LogP contribution in [0.4, 0.5) is 11.4 Å². The zero-order valence-corrected chi connectivity index (χ0v) is 10.4. The maximum Gasteiger partial charge on any atom is 0.353 e. The highest BCUT2D eigenvalue weighted by Gasteiger charge is 2.14. The molecule has 18 heavy (non-hydrogen) atoms. The fraction of sp³-hybridized carbons (Fsp3) is 0.200. The molecule has 0 unspecified atom stereocenters. The van der Waals surface area contributed by atoms with E-state index in [9.17, 15) is 14.9 Å². The third-order valence-corrected chi connectivity index (χ3v) is 2.22. The lowest BCUT2D eigenvalue weighted by molar-refractivity contribution is -0.383. The van der Waals surface area contributed by atoms with Gasteiger partial charge in [0.25, 0.3) is 5.69 Å². The van der Waals surface area contributed by atoms with Gasteiger partial charge in [-0.25, -0.2) is 4.79 Å². The smallest absolute Gasteiger partial charge is 0.353 e. The first-order chi connectivity index (χ1) is 8.45. The standard InChI is InChI=1S/C10H10ClN3O4/c1-6(10(15)18-2)12-13-8-4-3-7(11)5-9(8)14(16)17/h3-5,13H,1-2H3. The summed E-state index contributed by atoms with van der Waals surface area (Å²) in [6, 6.07) is 4.06. The van der Waals surface area contributed by atoms with Crippen molar-refractivity contribution >= 4 is 34.7 Å². The summed E-state index contributed by atoms with van der Waals surface area (Å²) in [4.78, 5) is 21.2. The van der Waals surface area contributed by atoms with Gasteiger partial charge in [0.2, 0.25) is 0 Å². The van der Waals surface area contributed by atoms with Crippen molar-refractivity contribution in [2.45, 2.75) is 6.92 Å². The first kappa shape index (κ1) is 13.9. The van der Waals surface area contributed by atoms with Crippen molar-refractivity contribution < 1.29 is 14.5 Å². The number of nitro benzene ring substituents is 1. The highest BCUT2D eigenvalue weighted by Crippen LogP contribution is 2.27. The summed E-state index contributed by atoms with van der Waals surface area (Å²) in [5.74, 6) is -0.626. The zero-order valence-electron chi connectivity index (χ0n) is 9.64. The van der Waals surface area contributed by atoms with Gasteiger partial charge in [-0.2, -0.15) is 5.10 Å². The van der Waals surface area contributed by atoms with Gasteiger partial charge in [-0.3, -0.25) is 15.5 Å². The fourth-order valence-corrected chi connectivity index (χ4v) is 1.25. The number of benzene rings is 1. The van der Waals surface area contributed by atoms with Gasteiger partial charge in [-0.1, -0.05) is 11.6 Å². The number of nitrogens with one attached hydrogen (secondary N) is 1. The van der Waals surface area contributed by atoms with Crippen molar-refractivity contribution in [3.63, 3.8) is 0 Å². The van der Waals surface area contributed by atoms with Gasteiger partial charge >= 0.3 is 5.97 Å². The zero-order chi connectivity index (χ0) is 13.7. The number of nitro groups is 1. The Balaban J connectivity index is 2.98. The summed E-state index contributed by atoms with van der Waals surface area (Å²) >= 11 is 5.65. The Morgan fingerprint density at radius 3 is 2.78 bits per heavy atom. The Hall–Kier alpha value is -2.15. The van der Waals surface area contributed by atoms with Gasteiger partial charge in [-0.15, -0.1) is 0 Å². The molecule has 0 spiro atoms. The molecule has 0 radical (unpaired) electrons. The van der Waals surface area contributed by atoms with Crippen LogP contribution in [0, 0.1) is 10.1 Å². The number of hydrogen-bond donors (Lipinski definition) is 1. The highest BCUT2D eigenvalue weighted by molar-refractivity contribution is 6.35. The minimum Gasteiger partial charge on any atom is -0.464 e. The highest BCUT2D eigenvalue weighted by atomic mass is 35.5. The molecule has 0 saturated carbocycles. The predicted octanol–water partition coefficient (Wildman–Crippen LogP) is 2.21. The molecular formula is C10H10ClN3O4. The van der Waals surface area contributed by atoms with Crippen LogP contribution in [0.5, 0.6) is 0 Å². The number of halogens is 1. The first-order valence-corrected chi connectivity index (χ1v) is 5.16. The Bertz CT molecular complexity index is 516. The molecule has 1 aromatic carbocycles. The van der Waals surface area contributed by atoms with Crippen LogP contribution in [0.1, 0.15) is 6.92 Å². The Morgan fingerprint density at radius 1 is 1.56 bits per heavy atom. The lowest BCUT2D eigenvalue weighted by atomic mass is 10.3. The number of rotatable bonds is 4. The van der Waals surface area contributed by atoms with E-state index in [-0.39, 0.29) is 22.1 Å². The second-order valence-electron chi connectivity index (χ2n) is 3.22. The molecule has 7 nitrogen and oxygen atoms in total. The summed E-state index contributed by atoms with van der Waals surface area (Å²) in [5.41, 5.74) is 2.37. The molecule has 1 N–H and O–H groups in total. The lowest BCUT2D eigenvalue weighted by Gasteiger charge is -2.03. The van der Waals surface area contributed by atoms with Crippen molar-refractivity contribution in [2.24, 2.45) is 5.10 Å². The van der Waals surface area contributed by atoms with Gasteiger partial charge < -0.3 is 4.74 Å². The maximum absolute atomic E-state index is 11.1. The summed E-state index contributed by atoms with van der Waals surface area (Å²) < 4.78 is 4.43. The minimum absolute atomic E-state index is 0.0433. The normalized spacial score (nSPS) is 10.9. The van der Waals surface area contributed by atoms with E-state index in [2.05, 4.69) is 15.3 Å². The van der Waals surface area contributed by atoms with Crippen LogP contribution in [0.3, 0.4) is 0 Å². The number of hydrazone groups is 1. The topological polar surface area (TPSA) is 93.8 Å². The second kappa shape index (κ2) is 5.97. The summed E-state index contributed by atoms with van der Waals surface area (Å²) in [5, 5.41) is 14.7. The van der Waals surface area contributed by atoms with Gasteiger partial charge in [0.1, 0.15) is 11.4 Å². The van der Waals surface area contributed by atoms with Crippen LogP contribution in [0.15, 0.2) is 23.3 Å². The molecule has 0 bridgehead atoms. The number of anilines is 1.